The predicted molar refractivity (Wildman–Crippen MR) is 69.0 cm³/mol. The second kappa shape index (κ2) is 4.76. The van der Waals surface area contributed by atoms with Gasteiger partial charge in [0.2, 0.25) is 0 Å². The molecule has 2 nitrogen and oxygen atoms in total. The van der Waals surface area contributed by atoms with E-state index in [0.29, 0.717) is 13.0 Å². The highest BCUT2D eigenvalue weighted by Crippen LogP contribution is 2.26. The molecule has 84 valence electrons. The van der Waals surface area contributed by atoms with Gasteiger partial charge in [0, 0.05) is 16.7 Å². The van der Waals surface area contributed by atoms with Crippen LogP contribution in [0, 0.1) is 5.92 Å². The summed E-state index contributed by atoms with van der Waals surface area (Å²) in [5.74, 6) is 0.453. The quantitative estimate of drug-likeness (QED) is 0.825. The zero-order chi connectivity index (χ0) is 11.5. The highest BCUT2D eigenvalue weighted by atomic mass is 32.1. The third-order valence-electron chi connectivity index (χ3n) is 2.72. The Morgan fingerprint density at radius 2 is 2.25 bits per heavy atom. The van der Waals surface area contributed by atoms with E-state index in [1.807, 2.05) is 36.6 Å². The van der Waals surface area contributed by atoms with Gasteiger partial charge in [-0.15, -0.1) is 11.3 Å². The van der Waals surface area contributed by atoms with Crippen LogP contribution < -0.4 is 5.73 Å². The van der Waals surface area contributed by atoms with E-state index in [1.165, 1.54) is 0 Å². The van der Waals surface area contributed by atoms with E-state index in [9.17, 15) is 4.79 Å². The maximum atomic E-state index is 12.1. The number of Topliss-reactive ketones (excluding diaryl/α,β-unsaturated/α-hetero) is 1. The van der Waals surface area contributed by atoms with Crippen molar-refractivity contribution in [3.63, 3.8) is 0 Å². The zero-order valence-electron chi connectivity index (χ0n) is 9.27. The molecule has 1 heterocycles. The normalized spacial score (nSPS) is 12.9. The largest absolute Gasteiger partial charge is 0.330 e. The van der Waals surface area contributed by atoms with Crippen molar-refractivity contribution in [1.29, 1.82) is 0 Å². The summed E-state index contributed by atoms with van der Waals surface area (Å²) < 4.78 is 1.09. The van der Waals surface area contributed by atoms with Crippen LogP contribution in [0.2, 0.25) is 0 Å². The van der Waals surface area contributed by atoms with E-state index in [1.54, 1.807) is 11.3 Å². The minimum Gasteiger partial charge on any atom is -0.330 e. The summed E-state index contributed by atoms with van der Waals surface area (Å²) in [6, 6.07) is 7.93. The van der Waals surface area contributed by atoms with Crippen molar-refractivity contribution in [1.82, 2.24) is 0 Å². The number of carbonyl (C=O) groups is 1. The molecule has 1 unspecified atom stereocenters. The average molecular weight is 233 g/mol. The SMILES string of the molecule is CC(CN)CC(=O)c1cccc2ccsc12. The number of ketones is 1. The minimum absolute atomic E-state index is 0.200. The third-order valence-corrected chi connectivity index (χ3v) is 3.68. The molecule has 3 heteroatoms. The van der Waals surface area contributed by atoms with Gasteiger partial charge in [0.05, 0.1) is 0 Å². The van der Waals surface area contributed by atoms with Gasteiger partial charge < -0.3 is 5.73 Å². The van der Waals surface area contributed by atoms with Crippen molar-refractivity contribution < 1.29 is 4.79 Å². The molecule has 0 aliphatic rings. The lowest BCUT2D eigenvalue weighted by atomic mass is 9.99. The second-order valence-corrected chi connectivity index (χ2v) is 5.03. The van der Waals surface area contributed by atoms with Crippen LogP contribution in [-0.4, -0.2) is 12.3 Å². The summed E-state index contributed by atoms with van der Waals surface area (Å²) in [6.07, 6.45) is 0.535. The lowest BCUT2D eigenvalue weighted by Crippen LogP contribution is -2.15. The first-order valence-corrected chi connectivity index (χ1v) is 6.30. The average Bonchev–Trinajstić information content (AvgIpc) is 2.76. The van der Waals surface area contributed by atoms with Gasteiger partial charge in [-0.2, -0.15) is 0 Å². The van der Waals surface area contributed by atoms with Gasteiger partial charge in [-0.05, 0) is 35.4 Å². The fourth-order valence-corrected chi connectivity index (χ4v) is 2.65. The maximum absolute atomic E-state index is 12.1. The van der Waals surface area contributed by atoms with E-state index < -0.39 is 0 Å². The standard InChI is InChI=1S/C13H15NOS/c1-9(8-14)7-12(15)11-4-2-3-10-5-6-16-13(10)11/h2-6,9H,7-8,14H2,1H3. The Morgan fingerprint density at radius 3 is 3.00 bits per heavy atom. The van der Waals surface area contributed by atoms with Crippen LogP contribution in [0.3, 0.4) is 0 Å². The molecule has 0 aliphatic carbocycles. The summed E-state index contributed by atoms with van der Waals surface area (Å²) in [5.41, 5.74) is 6.38. The summed E-state index contributed by atoms with van der Waals surface area (Å²) in [7, 11) is 0. The molecule has 0 saturated heterocycles. The third kappa shape index (κ3) is 2.15. The van der Waals surface area contributed by atoms with Crippen LogP contribution in [0.1, 0.15) is 23.7 Å². The van der Waals surface area contributed by atoms with Gasteiger partial charge in [0.1, 0.15) is 0 Å². The summed E-state index contributed by atoms with van der Waals surface area (Å²) in [6.45, 7) is 2.57. The van der Waals surface area contributed by atoms with Crippen LogP contribution in [-0.2, 0) is 0 Å². The second-order valence-electron chi connectivity index (χ2n) is 4.11. The summed E-state index contributed by atoms with van der Waals surface area (Å²) in [4.78, 5) is 12.1. The highest BCUT2D eigenvalue weighted by Gasteiger charge is 2.13. The Morgan fingerprint density at radius 1 is 1.44 bits per heavy atom. The van der Waals surface area contributed by atoms with Crippen LogP contribution in [0.4, 0.5) is 0 Å². The Bertz CT molecular complexity index is 503. The first kappa shape index (κ1) is 11.3. The number of carbonyl (C=O) groups excluding carboxylic acids is 1. The molecular weight excluding hydrogens is 218 g/mol. The Balaban J connectivity index is 2.32. The van der Waals surface area contributed by atoms with Crippen molar-refractivity contribution in [2.45, 2.75) is 13.3 Å². The first-order chi connectivity index (χ1) is 7.72. The molecular formula is C13H15NOS. The number of hydrogen-bond donors (Lipinski definition) is 1. The topological polar surface area (TPSA) is 43.1 Å². The maximum Gasteiger partial charge on any atom is 0.164 e. The van der Waals surface area contributed by atoms with E-state index in [0.717, 1.165) is 15.6 Å². The Hall–Kier alpha value is -1.19. The van der Waals surface area contributed by atoms with Gasteiger partial charge in [0.25, 0.3) is 0 Å². The molecule has 0 radical (unpaired) electrons. The lowest BCUT2D eigenvalue weighted by Gasteiger charge is -2.07. The van der Waals surface area contributed by atoms with Crippen molar-refractivity contribution in [3.05, 3.63) is 35.2 Å². The zero-order valence-corrected chi connectivity index (χ0v) is 10.1. The van der Waals surface area contributed by atoms with Crippen molar-refractivity contribution >= 4 is 27.2 Å². The van der Waals surface area contributed by atoms with Gasteiger partial charge in [-0.3, -0.25) is 4.79 Å². The Kier molecular flexibility index (Phi) is 3.36. The van der Waals surface area contributed by atoms with Crippen LogP contribution in [0.25, 0.3) is 10.1 Å². The molecule has 1 aromatic carbocycles. The molecule has 0 aliphatic heterocycles. The monoisotopic (exact) mass is 233 g/mol. The lowest BCUT2D eigenvalue weighted by molar-refractivity contribution is 0.0967. The van der Waals surface area contributed by atoms with Crippen molar-refractivity contribution in [2.24, 2.45) is 11.7 Å². The van der Waals surface area contributed by atoms with Crippen LogP contribution in [0.5, 0.6) is 0 Å². The fourth-order valence-electron chi connectivity index (χ4n) is 1.72. The molecule has 2 N–H and O–H groups in total. The number of hydrogen-bond acceptors (Lipinski definition) is 3. The van der Waals surface area contributed by atoms with Gasteiger partial charge in [-0.1, -0.05) is 19.1 Å². The fraction of sp³-hybridized carbons (Fsp3) is 0.308. The molecule has 1 atom stereocenters. The minimum atomic E-state index is 0.200. The highest BCUT2D eigenvalue weighted by molar-refractivity contribution is 7.17. The van der Waals surface area contributed by atoms with Crippen LogP contribution >= 0.6 is 11.3 Å². The smallest absolute Gasteiger partial charge is 0.164 e. The van der Waals surface area contributed by atoms with Crippen LogP contribution in [0.15, 0.2) is 29.6 Å². The molecule has 2 rings (SSSR count). The molecule has 0 saturated carbocycles. The molecule has 0 spiro atoms. The molecule has 0 fully saturated rings. The van der Waals surface area contributed by atoms with Crippen molar-refractivity contribution in [3.8, 4) is 0 Å². The number of nitrogens with two attached hydrogens (primary N) is 1. The van der Waals surface area contributed by atoms with Gasteiger partial charge in [-0.25, -0.2) is 0 Å². The summed E-state index contributed by atoms with van der Waals surface area (Å²) in [5, 5.41) is 3.17. The number of thiophene rings is 1. The van der Waals surface area contributed by atoms with E-state index in [-0.39, 0.29) is 11.7 Å². The summed E-state index contributed by atoms with van der Waals surface area (Å²) >= 11 is 1.62. The van der Waals surface area contributed by atoms with E-state index in [4.69, 9.17) is 5.73 Å². The number of fused-ring (bicyclic) bond motifs is 1. The van der Waals surface area contributed by atoms with E-state index in [2.05, 4.69) is 0 Å². The number of rotatable bonds is 4. The van der Waals surface area contributed by atoms with Crippen molar-refractivity contribution in [2.75, 3.05) is 6.54 Å². The number of benzene rings is 1. The molecule has 2 aromatic rings. The van der Waals surface area contributed by atoms with Gasteiger partial charge in [0.15, 0.2) is 5.78 Å². The first-order valence-electron chi connectivity index (χ1n) is 5.42. The van der Waals surface area contributed by atoms with E-state index >= 15 is 0 Å². The molecule has 1 aromatic heterocycles. The molecule has 16 heavy (non-hydrogen) atoms. The molecule has 0 bridgehead atoms. The molecule has 0 amide bonds. The van der Waals surface area contributed by atoms with Gasteiger partial charge >= 0.3 is 0 Å². The predicted octanol–water partition coefficient (Wildman–Crippen LogP) is 3.07. The Labute approximate surface area is 99.1 Å².